The number of thiazole rings is 1. The molecule has 24 heavy (non-hydrogen) atoms. The smallest absolute Gasteiger partial charge is 0.404 e. The molecular weight excluding hydrogens is 328 g/mol. The highest BCUT2D eigenvalue weighted by Gasteiger charge is 2.36. The predicted octanol–water partition coefficient (Wildman–Crippen LogP) is 2.30. The van der Waals surface area contributed by atoms with Gasteiger partial charge in [0.15, 0.2) is 10.8 Å². The van der Waals surface area contributed by atoms with Crippen molar-refractivity contribution in [2.45, 2.75) is 24.8 Å². The maximum atomic E-state index is 10.7. The summed E-state index contributed by atoms with van der Waals surface area (Å²) in [5, 5.41) is 22.7. The van der Waals surface area contributed by atoms with E-state index in [9.17, 15) is 4.79 Å². The first-order valence-electron chi connectivity index (χ1n) is 7.47. The Bertz CT molecular complexity index is 842. The van der Waals surface area contributed by atoms with Crippen LogP contribution in [-0.2, 0) is 0 Å². The fraction of sp³-hybridized carbons (Fsp3) is 0.267. The van der Waals surface area contributed by atoms with Crippen molar-refractivity contribution >= 4 is 17.4 Å². The fourth-order valence-electron chi connectivity index (χ4n) is 2.89. The fourth-order valence-corrected chi connectivity index (χ4v) is 3.50. The van der Waals surface area contributed by atoms with Crippen LogP contribution < -0.4 is 5.32 Å². The molecule has 1 fully saturated rings. The molecule has 1 aliphatic rings. The standard InChI is InChI=1S/C15H14N6O2S/c22-15(23)18-10-6-9(7-10)12-19-20-13(14-17-4-5-24-14)21(12)11-2-1-3-16-8-11/h1-5,8-10,18H,6-7H2,(H,22,23)/t9-,10-. The Kier molecular flexibility index (Phi) is 3.69. The summed E-state index contributed by atoms with van der Waals surface area (Å²) in [5.74, 6) is 1.66. The second-order valence-electron chi connectivity index (χ2n) is 5.58. The normalized spacial score (nSPS) is 19.7. The van der Waals surface area contributed by atoms with E-state index in [1.807, 2.05) is 22.1 Å². The molecule has 0 unspecified atom stereocenters. The summed E-state index contributed by atoms with van der Waals surface area (Å²) in [6.45, 7) is 0. The monoisotopic (exact) mass is 342 g/mol. The number of carbonyl (C=O) groups is 1. The van der Waals surface area contributed by atoms with Gasteiger partial charge in [-0.2, -0.15) is 0 Å². The van der Waals surface area contributed by atoms with E-state index in [0.717, 1.165) is 16.5 Å². The molecule has 0 spiro atoms. The molecule has 9 heteroatoms. The minimum absolute atomic E-state index is 0.0325. The maximum Gasteiger partial charge on any atom is 0.404 e. The molecule has 0 bridgehead atoms. The first-order chi connectivity index (χ1) is 11.7. The van der Waals surface area contributed by atoms with E-state index in [-0.39, 0.29) is 12.0 Å². The minimum Gasteiger partial charge on any atom is -0.465 e. The molecule has 0 radical (unpaired) electrons. The van der Waals surface area contributed by atoms with Gasteiger partial charge >= 0.3 is 6.09 Å². The molecular formula is C15H14N6O2S. The lowest BCUT2D eigenvalue weighted by atomic mass is 9.79. The van der Waals surface area contributed by atoms with Crippen molar-refractivity contribution in [3.8, 4) is 16.5 Å². The Morgan fingerprint density at radius 2 is 2.21 bits per heavy atom. The molecule has 0 atom stereocenters. The summed E-state index contributed by atoms with van der Waals surface area (Å²) in [5.41, 5.74) is 0.873. The molecule has 4 rings (SSSR count). The van der Waals surface area contributed by atoms with Crippen LogP contribution in [0.1, 0.15) is 24.6 Å². The highest BCUT2D eigenvalue weighted by atomic mass is 32.1. The summed E-state index contributed by atoms with van der Waals surface area (Å²) < 4.78 is 1.97. The highest BCUT2D eigenvalue weighted by molar-refractivity contribution is 7.13. The average Bonchev–Trinajstić information content (AvgIpc) is 3.20. The van der Waals surface area contributed by atoms with Gasteiger partial charge < -0.3 is 10.4 Å². The van der Waals surface area contributed by atoms with Gasteiger partial charge in [-0.1, -0.05) is 0 Å². The number of hydrogen-bond donors (Lipinski definition) is 2. The Hall–Kier alpha value is -2.81. The average molecular weight is 342 g/mol. The maximum absolute atomic E-state index is 10.7. The van der Waals surface area contributed by atoms with E-state index >= 15 is 0 Å². The van der Waals surface area contributed by atoms with Gasteiger partial charge in [-0.05, 0) is 25.0 Å². The zero-order valence-corrected chi connectivity index (χ0v) is 13.3. The molecule has 1 aliphatic carbocycles. The van der Waals surface area contributed by atoms with Gasteiger partial charge in [0.1, 0.15) is 5.82 Å². The molecule has 3 aromatic rings. The van der Waals surface area contributed by atoms with Crippen LogP contribution in [0.4, 0.5) is 4.79 Å². The van der Waals surface area contributed by atoms with Gasteiger partial charge in [-0.15, -0.1) is 21.5 Å². The Morgan fingerprint density at radius 3 is 2.88 bits per heavy atom. The molecule has 0 aliphatic heterocycles. The molecule has 0 aromatic carbocycles. The van der Waals surface area contributed by atoms with Crippen LogP contribution in [-0.4, -0.2) is 42.0 Å². The van der Waals surface area contributed by atoms with Crippen molar-refractivity contribution in [1.82, 2.24) is 30.0 Å². The van der Waals surface area contributed by atoms with Crippen molar-refractivity contribution in [1.29, 1.82) is 0 Å². The van der Waals surface area contributed by atoms with Crippen LogP contribution in [0.5, 0.6) is 0 Å². The Morgan fingerprint density at radius 1 is 1.33 bits per heavy atom. The van der Waals surface area contributed by atoms with Crippen LogP contribution in [0, 0.1) is 0 Å². The van der Waals surface area contributed by atoms with E-state index in [0.29, 0.717) is 18.7 Å². The number of rotatable bonds is 4. The highest BCUT2D eigenvalue weighted by Crippen LogP contribution is 2.38. The third kappa shape index (κ3) is 2.62. The minimum atomic E-state index is -0.990. The van der Waals surface area contributed by atoms with Gasteiger partial charge in [-0.3, -0.25) is 9.55 Å². The zero-order valence-electron chi connectivity index (χ0n) is 12.5. The van der Waals surface area contributed by atoms with E-state index in [4.69, 9.17) is 5.11 Å². The zero-order chi connectivity index (χ0) is 16.5. The molecule has 3 heterocycles. The SMILES string of the molecule is O=C(O)N[C@H]1C[C@H](c2nnc(-c3nccs3)n2-c2cccnc2)C1. The number of carboxylic acid groups (broad SMARTS) is 1. The van der Waals surface area contributed by atoms with Gasteiger partial charge in [-0.25, -0.2) is 9.78 Å². The third-order valence-electron chi connectivity index (χ3n) is 4.05. The van der Waals surface area contributed by atoms with E-state index < -0.39 is 6.09 Å². The second-order valence-corrected chi connectivity index (χ2v) is 6.48. The van der Waals surface area contributed by atoms with Crippen molar-refractivity contribution < 1.29 is 9.90 Å². The van der Waals surface area contributed by atoms with Crippen molar-refractivity contribution in [2.75, 3.05) is 0 Å². The van der Waals surface area contributed by atoms with Crippen molar-refractivity contribution in [3.63, 3.8) is 0 Å². The first-order valence-corrected chi connectivity index (χ1v) is 8.35. The molecule has 2 N–H and O–H groups in total. The number of nitrogens with zero attached hydrogens (tertiary/aromatic N) is 5. The van der Waals surface area contributed by atoms with Crippen molar-refractivity contribution in [2.24, 2.45) is 0 Å². The predicted molar refractivity (Wildman–Crippen MR) is 87.2 cm³/mol. The summed E-state index contributed by atoms with van der Waals surface area (Å²) in [6, 6.07) is 3.78. The van der Waals surface area contributed by atoms with E-state index in [2.05, 4.69) is 25.5 Å². The van der Waals surface area contributed by atoms with Crippen LogP contribution >= 0.6 is 11.3 Å². The quantitative estimate of drug-likeness (QED) is 0.753. The molecule has 1 amide bonds. The van der Waals surface area contributed by atoms with Crippen molar-refractivity contribution in [3.05, 3.63) is 41.9 Å². The van der Waals surface area contributed by atoms with E-state index in [1.54, 1.807) is 18.6 Å². The number of hydrogen-bond acceptors (Lipinski definition) is 6. The van der Waals surface area contributed by atoms with Crippen LogP contribution in [0.3, 0.4) is 0 Å². The van der Waals surface area contributed by atoms with Gasteiger partial charge in [0.2, 0.25) is 0 Å². The largest absolute Gasteiger partial charge is 0.465 e. The first kappa shape index (κ1) is 14.8. The number of nitrogens with one attached hydrogen (secondary N) is 1. The molecule has 1 saturated carbocycles. The lowest BCUT2D eigenvalue weighted by Gasteiger charge is -2.34. The van der Waals surface area contributed by atoms with Crippen LogP contribution in [0.25, 0.3) is 16.5 Å². The van der Waals surface area contributed by atoms with Crippen LogP contribution in [0.15, 0.2) is 36.1 Å². The molecule has 0 saturated heterocycles. The summed E-state index contributed by atoms with van der Waals surface area (Å²) in [6.07, 6.45) is 5.64. The van der Waals surface area contributed by atoms with E-state index in [1.165, 1.54) is 11.3 Å². The molecule has 8 nitrogen and oxygen atoms in total. The Labute approximate surface area is 141 Å². The summed E-state index contributed by atoms with van der Waals surface area (Å²) in [4.78, 5) is 19.2. The number of pyridine rings is 1. The number of aromatic nitrogens is 5. The topological polar surface area (TPSA) is 106 Å². The van der Waals surface area contributed by atoms with Gasteiger partial charge in [0.25, 0.3) is 0 Å². The summed E-state index contributed by atoms with van der Waals surface area (Å²) >= 11 is 1.50. The molecule has 122 valence electrons. The summed E-state index contributed by atoms with van der Waals surface area (Å²) in [7, 11) is 0. The van der Waals surface area contributed by atoms with Crippen LogP contribution in [0.2, 0.25) is 0 Å². The molecule has 3 aromatic heterocycles. The third-order valence-corrected chi connectivity index (χ3v) is 4.82. The Balaban J connectivity index is 1.70. The lowest BCUT2D eigenvalue weighted by Crippen LogP contribution is -2.43. The second kappa shape index (κ2) is 6.00. The number of amides is 1. The van der Waals surface area contributed by atoms with Gasteiger partial charge in [0.05, 0.1) is 11.9 Å². The van der Waals surface area contributed by atoms with Gasteiger partial charge in [0, 0.05) is 29.7 Å². The lowest BCUT2D eigenvalue weighted by molar-refractivity contribution is 0.176.